The predicted octanol–water partition coefficient (Wildman–Crippen LogP) is 5.32. The van der Waals surface area contributed by atoms with E-state index in [1.165, 1.54) is 24.7 Å². The van der Waals surface area contributed by atoms with Gasteiger partial charge in [0.1, 0.15) is 5.82 Å². The summed E-state index contributed by atoms with van der Waals surface area (Å²) in [4.78, 5) is 0. The number of thioether (sulfide) groups is 1. The lowest BCUT2D eigenvalue weighted by Gasteiger charge is -2.17. The molecule has 0 radical (unpaired) electrons. The zero-order valence-electron chi connectivity index (χ0n) is 11.3. The van der Waals surface area contributed by atoms with Crippen LogP contribution in [0.2, 0.25) is 10.0 Å². The van der Waals surface area contributed by atoms with Gasteiger partial charge in [-0.15, -0.1) is 0 Å². The molecule has 108 valence electrons. The van der Waals surface area contributed by atoms with Crippen molar-refractivity contribution in [3.05, 3.63) is 33.6 Å². The minimum absolute atomic E-state index is 0.0451. The Labute approximate surface area is 129 Å². The fourth-order valence-corrected chi connectivity index (χ4v) is 3.10. The Hall–Kier alpha value is 0.0400. The van der Waals surface area contributed by atoms with E-state index in [2.05, 4.69) is 11.6 Å². The van der Waals surface area contributed by atoms with Gasteiger partial charge in [-0.25, -0.2) is 4.39 Å². The van der Waals surface area contributed by atoms with Crippen LogP contribution in [0.5, 0.6) is 0 Å². The van der Waals surface area contributed by atoms with Crippen LogP contribution in [0.1, 0.15) is 37.8 Å². The van der Waals surface area contributed by atoms with Crippen LogP contribution < -0.4 is 5.32 Å². The van der Waals surface area contributed by atoms with E-state index in [0.717, 1.165) is 13.0 Å². The fourth-order valence-electron chi connectivity index (χ4n) is 1.91. The summed E-state index contributed by atoms with van der Waals surface area (Å²) in [5.74, 6) is 0.784. The number of benzene rings is 1. The number of nitrogens with one attached hydrogen (secondary N) is 1. The molecule has 0 spiro atoms. The second-order valence-corrected chi connectivity index (χ2v) is 6.26. The summed E-state index contributed by atoms with van der Waals surface area (Å²) in [6, 6.07) is 2.80. The van der Waals surface area contributed by atoms with E-state index in [9.17, 15) is 4.39 Å². The molecule has 5 heteroatoms. The molecule has 0 amide bonds. The van der Waals surface area contributed by atoms with Crippen molar-refractivity contribution in [2.45, 2.75) is 32.2 Å². The van der Waals surface area contributed by atoms with Crippen LogP contribution in [-0.4, -0.2) is 18.6 Å². The molecule has 1 atom stereocenters. The van der Waals surface area contributed by atoms with Crippen molar-refractivity contribution in [3.63, 3.8) is 0 Å². The Morgan fingerprint density at radius 1 is 1.26 bits per heavy atom. The van der Waals surface area contributed by atoms with Crippen LogP contribution in [0.3, 0.4) is 0 Å². The molecule has 0 aliphatic carbocycles. The largest absolute Gasteiger partial charge is 0.310 e. The lowest BCUT2D eigenvalue weighted by atomic mass is 10.1. The van der Waals surface area contributed by atoms with Crippen molar-refractivity contribution < 1.29 is 4.39 Å². The third-order valence-corrected chi connectivity index (χ3v) is 4.40. The number of rotatable bonds is 8. The quantitative estimate of drug-likeness (QED) is 0.513. The van der Waals surface area contributed by atoms with E-state index in [-0.39, 0.29) is 11.1 Å². The van der Waals surface area contributed by atoms with E-state index in [1.807, 2.05) is 18.7 Å². The standard InChI is InChI=1S/C14H20Cl2FNS/c1-10(18-8-4-3-5-9-19-2)13-11(15)6-7-12(17)14(13)16/h6-7,10,18H,3-5,8-9H2,1-2H3. The summed E-state index contributed by atoms with van der Waals surface area (Å²) in [6.45, 7) is 2.84. The zero-order chi connectivity index (χ0) is 14.3. The van der Waals surface area contributed by atoms with Gasteiger partial charge in [0.2, 0.25) is 0 Å². The summed E-state index contributed by atoms with van der Waals surface area (Å²) in [5, 5.41) is 3.97. The molecule has 1 aromatic rings. The minimum atomic E-state index is -0.422. The van der Waals surface area contributed by atoms with Gasteiger partial charge >= 0.3 is 0 Å². The number of halogens is 3. The van der Waals surface area contributed by atoms with E-state index < -0.39 is 5.82 Å². The van der Waals surface area contributed by atoms with Crippen LogP contribution in [0, 0.1) is 5.82 Å². The van der Waals surface area contributed by atoms with Crippen molar-refractivity contribution >= 4 is 35.0 Å². The van der Waals surface area contributed by atoms with Gasteiger partial charge in [-0.05, 0) is 50.5 Å². The van der Waals surface area contributed by atoms with Gasteiger partial charge in [0, 0.05) is 16.6 Å². The van der Waals surface area contributed by atoms with E-state index in [0.29, 0.717) is 10.6 Å². The molecule has 1 rings (SSSR count). The fraction of sp³-hybridized carbons (Fsp3) is 0.571. The first-order chi connectivity index (χ1) is 9.07. The number of unbranched alkanes of at least 4 members (excludes halogenated alkanes) is 2. The maximum absolute atomic E-state index is 13.4. The second-order valence-electron chi connectivity index (χ2n) is 4.49. The van der Waals surface area contributed by atoms with Gasteiger partial charge in [-0.1, -0.05) is 29.6 Å². The summed E-state index contributed by atoms with van der Waals surface area (Å²) < 4.78 is 13.4. The maximum Gasteiger partial charge on any atom is 0.142 e. The molecular formula is C14H20Cl2FNS. The Bertz CT molecular complexity index is 401. The van der Waals surface area contributed by atoms with Gasteiger partial charge in [-0.2, -0.15) is 11.8 Å². The van der Waals surface area contributed by atoms with Crippen molar-refractivity contribution in [2.24, 2.45) is 0 Å². The molecule has 0 saturated carbocycles. The normalized spacial score (nSPS) is 12.7. The minimum Gasteiger partial charge on any atom is -0.310 e. The number of hydrogen-bond donors (Lipinski definition) is 1. The average Bonchev–Trinajstić information content (AvgIpc) is 2.38. The first kappa shape index (κ1) is 17.1. The average molecular weight is 324 g/mol. The molecule has 0 aliphatic heterocycles. The topological polar surface area (TPSA) is 12.0 Å². The van der Waals surface area contributed by atoms with Gasteiger partial charge in [0.15, 0.2) is 0 Å². The molecule has 0 aliphatic rings. The first-order valence-corrected chi connectivity index (χ1v) is 8.58. The van der Waals surface area contributed by atoms with E-state index in [1.54, 1.807) is 6.07 Å². The van der Waals surface area contributed by atoms with Crippen LogP contribution in [0.4, 0.5) is 4.39 Å². The van der Waals surface area contributed by atoms with Gasteiger partial charge < -0.3 is 5.32 Å². The molecule has 0 fully saturated rings. The third-order valence-electron chi connectivity index (χ3n) is 2.99. The third kappa shape index (κ3) is 5.50. The van der Waals surface area contributed by atoms with E-state index in [4.69, 9.17) is 23.2 Å². The molecule has 0 bridgehead atoms. The van der Waals surface area contributed by atoms with Crippen LogP contribution >= 0.6 is 35.0 Å². The summed E-state index contributed by atoms with van der Waals surface area (Å²) in [5.41, 5.74) is 0.646. The summed E-state index contributed by atoms with van der Waals surface area (Å²) in [6.07, 6.45) is 5.66. The SMILES string of the molecule is CSCCCCCNC(C)c1c(Cl)ccc(F)c1Cl. The summed E-state index contributed by atoms with van der Waals surface area (Å²) >= 11 is 13.9. The molecule has 1 unspecified atom stereocenters. The van der Waals surface area contributed by atoms with Gasteiger partial charge in [-0.3, -0.25) is 0 Å². The molecule has 1 nitrogen and oxygen atoms in total. The highest BCUT2D eigenvalue weighted by atomic mass is 35.5. The van der Waals surface area contributed by atoms with Crippen molar-refractivity contribution in [2.75, 3.05) is 18.6 Å². The van der Waals surface area contributed by atoms with E-state index >= 15 is 0 Å². The highest BCUT2D eigenvalue weighted by Gasteiger charge is 2.16. The smallest absolute Gasteiger partial charge is 0.142 e. The molecule has 19 heavy (non-hydrogen) atoms. The Morgan fingerprint density at radius 2 is 2.00 bits per heavy atom. The molecule has 0 saturated heterocycles. The highest BCUT2D eigenvalue weighted by Crippen LogP contribution is 2.32. The van der Waals surface area contributed by atoms with Crippen LogP contribution in [0.15, 0.2) is 12.1 Å². The zero-order valence-corrected chi connectivity index (χ0v) is 13.6. The van der Waals surface area contributed by atoms with Gasteiger partial charge in [0.25, 0.3) is 0 Å². The first-order valence-electron chi connectivity index (χ1n) is 6.43. The predicted molar refractivity (Wildman–Crippen MR) is 85.1 cm³/mol. The van der Waals surface area contributed by atoms with Gasteiger partial charge in [0.05, 0.1) is 5.02 Å². The van der Waals surface area contributed by atoms with Crippen LogP contribution in [0.25, 0.3) is 0 Å². The Kier molecular flexibility index (Phi) is 8.15. The van der Waals surface area contributed by atoms with Crippen molar-refractivity contribution in [1.82, 2.24) is 5.32 Å². The molecule has 0 aromatic heterocycles. The molecule has 1 N–H and O–H groups in total. The second kappa shape index (κ2) is 9.06. The molecule has 0 heterocycles. The summed E-state index contributed by atoms with van der Waals surface area (Å²) in [7, 11) is 0. The molecule has 1 aromatic carbocycles. The Balaban J connectivity index is 2.45. The van der Waals surface area contributed by atoms with Crippen LogP contribution in [-0.2, 0) is 0 Å². The monoisotopic (exact) mass is 323 g/mol. The number of hydrogen-bond acceptors (Lipinski definition) is 2. The Morgan fingerprint density at radius 3 is 2.68 bits per heavy atom. The highest BCUT2D eigenvalue weighted by molar-refractivity contribution is 7.98. The maximum atomic E-state index is 13.4. The van der Waals surface area contributed by atoms with Crippen molar-refractivity contribution in [1.29, 1.82) is 0 Å². The molecular weight excluding hydrogens is 304 g/mol. The van der Waals surface area contributed by atoms with Crippen molar-refractivity contribution in [3.8, 4) is 0 Å². The lowest BCUT2D eigenvalue weighted by molar-refractivity contribution is 0.540. The lowest BCUT2D eigenvalue weighted by Crippen LogP contribution is -2.20.